The number of hydrogen-bond donors (Lipinski definition) is 2. The number of nitrogens with one attached hydrogen (secondary N) is 1. The van der Waals surface area contributed by atoms with Gasteiger partial charge in [-0.25, -0.2) is 4.79 Å². The molecule has 6 nitrogen and oxygen atoms in total. The predicted octanol–water partition coefficient (Wildman–Crippen LogP) is 1.60. The number of rotatable bonds is 4. The fourth-order valence-electron chi connectivity index (χ4n) is 1.78. The zero-order valence-corrected chi connectivity index (χ0v) is 9.73. The van der Waals surface area contributed by atoms with E-state index in [0.29, 0.717) is 6.54 Å². The van der Waals surface area contributed by atoms with Gasteiger partial charge in [0.05, 0.1) is 0 Å². The van der Waals surface area contributed by atoms with Crippen molar-refractivity contribution in [3.05, 3.63) is 12.0 Å². The van der Waals surface area contributed by atoms with Crippen LogP contribution in [0, 0.1) is 5.41 Å². The van der Waals surface area contributed by atoms with Crippen molar-refractivity contribution in [3.63, 3.8) is 0 Å². The highest BCUT2D eigenvalue weighted by Gasteiger charge is 2.27. The van der Waals surface area contributed by atoms with Crippen molar-refractivity contribution in [1.82, 2.24) is 4.98 Å². The summed E-state index contributed by atoms with van der Waals surface area (Å²) in [6.45, 7) is 4.41. The van der Waals surface area contributed by atoms with Crippen LogP contribution in [0.2, 0.25) is 0 Å². The van der Waals surface area contributed by atoms with Crippen molar-refractivity contribution in [2.24, 2.45) is 5.41 Å². The van der Waals surface area contributed by atoms with Gasteiger partial charge in [-0.15, -0.1) is 0 Å². The van der Waals surface area contributed by atoms with E-state index < -0.39 is 5.97 Å². The average molecular weight is 240 g/mol. The summed E-state index contributed by atoms with van der Waals surface area (Å²) in [6.07, 6.45) is 3.09. The number of aromatic carboxylic acids is 1. The molecule has 0 unspecified atom stereocenters. The lowest BCUT2D eigenvalue weighted by molar-refractivity contribution is 0.0298. The fraction of sp³-hybridized carbons (Fsp3) is 0.636. The van der Waals surface area contributed by atoms with E-state index in [9.17, 15) is 4.79 Å². The lowest BCUT2D eigenvalue weighted by Crippen LogP contribution is -2.33. The van der Waals surface area contributed by atoms with Gasteiger partial charge in [0.25, 0.3) is 6.01 Å². The molecule has 2 rings (SSSR count). The van der Waals surface area contributed by atoms with Crippen molar-refractivity contribution in [1.29, 1.82) is 0 Å². The third kappa shape index (κ3) is 2.97. The molecule has 0 aromatic carbocycles. The van der Waals surface area contributed by atoms with Crippen LogP contribution in [0.3, 0.4) is 0 Å². The van der Waals surface area contributed by atoms with E-state index in [1.165, 1.54) is 0 Å². The molecule has 0 radical (unpaired) electrons. The first kappa shape index (κ1) is 11.9. The van der Waals surface area contributed by atoms with Gasteiger partial charge in [0.15, 0.2) is 5.69 Å². The lowest BCUT2D eigenvalue weighted by Gasteiger charge is -2.33. The second-order valence-corrected chi connectivity index (χ2v) is 4.62. The Morgan fingerprint density at radius 1 is 1.59 bits per heavy atom. The summed E-state index contributed by atoms with van der Waals surface area (Å²) in [4.78, 5) is 14.4. The Hall–Kier alpha value is -1.56. The molecule has 1 aliphatic heterocycles. The van der Waals surface area contributed by atoms with Gasteiger partial charge < -0.3 is 19.6 Å². The van der Waals surface area contributed by atoms with Crippen molar-refractivity contribution < 1.29 is 19.1 Å². The van der Waals surface area contributed by atoms with E-state index in [2.05, 4.69) is 17.2 Å². The standard InChI is InChI=1S/C11H16N2O4/c1-11(2-4-16-5-3-11)7-12-10-13-8(6-17-10)9(14)15/h6H,2-5,7H2,1H3,(H,12,13)(H,14,15). The van der Waals surface area contributed by atoms with Crippen LogP contribution in [0.25, 0.3) is 0 Å². The molecule has 6 heteroatoms. The summed E-state index contributed by atoms with van der Waals surface area (Å²) in [5.74, 6) is -1.08. The second kappa shape index (κ2) is 4.75. The minimum Gasteiger partial charge on any atom is -0.476 e. The van der Waals surface area contributed by atoms with E-state index in [0.717, 1.165) is 32.3 Å². The van der Waals surface area contributed by atoms with Crippen molar-refractivity contribution in [3.8, 4) is 0 Å². The van der Waals surface area contributed by atoms with Crippen LogP contribution >= 0.6 is 0 Å². The maximum Gasteiger partial charge on any atom is 0.357 e. The van der Waals surface area contributed by atoms with Crippen LogP contribution < -0.4 is 5.32 Å². The van der Waals surface area contributed by atoms with Gasteiger partial charge in [-0.1, -0.05) is 6.92 Å². The number of carboxylic acid groups (broad SMARTS) is 1. The zero-order chi connectivity index (χ0) is 12.3. The number of ether oxygens (including phenoxy) is 1. The second-order valence-electron chi connectivity index (χ2n) is 4.62. The lowest BCUT2D eigenvalue weighted by atomic mass is 9.82. The number of carbonyl (C=O) groups is 1. The topological polar surface area (TPSA) is 84.6 Å². The monoisotopic (exact) mass is 240 g/mol. The molecule has 0 bridgehead atoms. The van der Waals surface area contributed by atoms with E-state index in [-0.39, 0.29) is 17.1 Å². The molecule has 1 saturated heterocycles. The normalized spacial score (nSPS) is 18.9. The highest BCUT2D eigenvalue weighted by atomic mass is 16.5. The third-order valence-corrected chi connectivity index (χ3v) is 3.09. The van der Waals surface area contributed by atoms with Crippen LogP contribution in [-0.4, -0.2) is 35.8 Å². The number of aromatic nitrogens is 1. The Balaban J connectivity index is 1.90. The first-order chi connectivity index (χ1) is 8.09. The molecule has 2 N–H and O–H groups in total. The van der Waals surface area contributed by atoms with Gasteiger partial charge in [-0.3, -0.25) is 0 Å². The molecule has 0 atom stereocenters. The summed E-state index contributed by atoms with van der Waals surface area (Å²) in [5, 5.41) is 11.7. The van der Waals surface area contributed by atoms with Gasteiger partial charge >= 0.3 is 5.97 Å². The van der Waals surface area contributed by atoms with Crippen molar-refractivity contribution in [2.45, 2.75) is 19.8 Å². The van der Waals surface area contributed by atoms with Crippen molar-refractivity contribution >= 4 is 12.0 Å². The highest BCUT2D eigenvalue weighted by molar-refractivity contribution is 5.85. The molecular weight excluding hydrogens is 224 g/mol. The Morgan fingerprint density at radius 2 is 2.29 bits per heavy atom. The molecule has 0 saturated carbocycles. The van der Waals surface area contributed by atoms with Crippen LogP contribution in [0.1, 0.15) is 30.3 Å². The molecule has 1 aliphatic rings. The Kier molecular flexibility index (Phi) is 3.33. The van der Waals surface area contributed by atoms with Gasteiger partial charge in [0.2, 0.25) is 0 Å². The summed E-state index contributed by atoms with van der Waals surface area (Å²) in [7, 11) is 0. The Bertz CT molecular complexity index is 396. The average Bonchev–Trinajstić information content (AvgIpc) is 2.76. The van der Waals surface area contributed by atoms with Crippen LogP contribution in [0.4, 0.5) is 6.01 Å². The number of nitrogens with zero attached hydrogens (tertiary/aromatic N) is 1. The van der Waals surface area contributed by atoms with Gasteiger partial charge in [0, 0.05) is 19.8 Å². The van der Waals surface area contributed by atoms with Crippen LogP contribution in [0.5, 0.6) is 0 Å². The minimum atomic E-state index is -1.08. The molecule has 2 heterocycles. The quantitative estimate of drug-likeness (QED) is 0.831. The Labute approximate surface area is 99.0 Å². The number of oxazole rings is 1. The highest BCUT2D eigenvalue weighted by Crippen LogP contribution is 2.29. The molecule has 1 fully saturated rings. The molecule has 94 valence electrons. The molecule has 0 spiro atoms. The summed E-state index contributed by atoms with van der Waals surface area (Å²) < 4.78 is 10.3. The zero-order valence-electron chi connectivity index (χ0n) is 9.73. The summed E-state index contributed by atoms with van der Waals surface area (Å²) in [6, 6.07) is 0.259. The number of hydrogen-bond acceptors (Lipinski definition) is 5. The van der Waals surface area contributed by atoms with E-state index in [4.69, 9.17) is 14.3 Å². The van der Waals surface area contributed by atoms with E-state index in [1.807, 2.05) is 0 Å². The molecule has 1 aromatic rings. The number of anilines is 1. The molecule has 1 aromatic heterocycles. The van der Waals surface area contributed by atoms with Gasteiger partial charge in [-0.05, 0) is 18.3 Å². The smallest absolute Gasteiger partial charge is 0.357 e. The third-order valence-electron chi connectivity index (χ3n) is 3.09. The molecule has 17 heavy (non-hydrogen) atoms. The Morgan fingerprint density at radius 3 is 2.88 bits per heavy atom. The number of carboxylic acids is 1. The minimum absolute atomic E-state index is 0.0790. The van der Waals surface area contributed by atoms with Gasteiger partial charge in [0.1, 0.15) is 6.26 Å². The molecule has 0 aliphatic carbocycles. The first-order valence-electron chi connectivity index (χ1n) is 5.60. The first-order valence-corrected chi connectivity index (χ1v) is 5.60. The fourth-order valence-corrected chi connectivity index (χ4v) is 1.78. The summed E-state index contributed by atoms with van der Waals surface area (Å²) >= 11 is 0. The van der Waals surface area contributed by atoms with Crippen LogP contribution in [0.15, 0.2) is 10.7 Å². The molecular formula is C11H16N2O4. The van der Waals surface area contributed by atoms with E-state index >= 15 is 0 Å². The largest absolute Gasteiger partial charge is 0.476 e. The van der Waals surface area contributed by atoms with Gasteiger partial charge in [-0.2, -0.15) is 4.98 Å². The maximum absolute atomic E-state index is 10.6. The molecule has 0 amide bonds. The maximum atomic E-state index is 10.6. The summed E-state index contributed by atoms with van der Waals surface area (Å²) in [5.41, 5.74) is 0.0699. The van der Waals surface area contributed by atoms with Crippen molar-refractivity contribution in [2.75, 3.05) is 25.1 Å². The van der Waals surface area contributed by atoms with E-state index in [1.54, 1.807) is 0 Å². The van der Waals surface area contributed by atoms with Crippen LogP contribution in [-0.2, 0) is 4.74 Å². The predicted molar refractivity (Wildman–Crippen MR) is 60.1 cm³/mol. The SMILES string of the molecule is CC1(CNc2nc(C(=O)O)co2)CCOCC1.